The molecule has 0 atom stereocenters. The molecule has 0 heterocycles. The normalized spacial score (nSPS) is 10.9. The van der Waals surface area contributed by atoms with E-state index in [0.29, 0.717) is 0 Å². The molecule has 43 heavy (non-hydrogen) atoms. The summed E-state index contributed by atoms with van der Waals surface area (Å²) in [7, 11) is 4.49. The summed E-state index contributed by atoms with van der Waals surface area (Å²) in [6, 6.07) is 0.720. The first-order valence-corrected chi connectivity index (χ1v) is 19.7. The lowest BCUT2D eigenvalue weighted by Crippen LogP contribution is -3.05. The quantitative estimate of drug-likeness (QED) is 0.0905. The Morgan fingerprint density at radius 2 is 0.558 bits per heavy atom. The van der Waals surface area contributed by atoms with Gasteiger partial charge in [-0.15, -0.1) is 0 Å². The number of rotatable bonds is 33. The highest BCUT2D eigenvalue weighted by Crippen LogP contribution is 2.15. The van der Waals surface area contributed by atoms with Crippen molar-refractivity contribution >= 4 is 0 Å². The lowest BCUT2D eigenvalue weighted by atomic mass is 10.00. The van der Waals surface area contributed by atoms with Crippen LogP contribution in [-0.2, 0) is 0 Å². The molecule has 0 aromatic carbocycles. The van der Waals surface area contributed by atoms with Crippen LogP contribution in [0, 0.1) is 0 Å². The zero-order chi connectivity index (χ0) is 30.5. The topological polar surface area (TPSA) is 32.1 Å². The standard InChI is InChI=1S/C25H53N.C14H31N.2ClH/c1-3-5-7-9-11-13-15-17-19-21-23-25(26)24-22-20-18-16-14-12-10-8-6-4-2;1-4-5-6-7-8-9-10-11-12-13-14-15(2)3;;/h25H,3-24,26H2,1-2H3;4-14H2,1-3H3;2*1H. The molecule has 0 spiro atoms. The fourth-order valence-electron chi connectivity index (χ4n) is 5.95. The fraction of sp³-hybridized carbons (Fsp3) is 1.00. The number of hydrogen-bond donors (Lipinski definition) is 2. The molecular formula is C39H86Cl2N2. The SMILES string of the molecule is CCCCCCCCCCCCC([NH3+])CCCCCCCCCCCC.CCCCCCCCCCCC[NH+](C)C.[Cl-].[Cl-]. The lowest BCUT2D eigenvalue weighted by molar-refractivity contribution is -0.858. The van der Waals surface area contributed by atoms with E-state index in [2.05, 4.69) is 40.6 Å². The van der Waals surface area contributed by atoms with Crippen molar-refractivity contribution in [2.24, 2.45) is 0 Å². The summed E-state index contributed by atoms with van der Waals surface area (Å²) in [5, 5.41) is 0. The highest BCUT2D eigenvalue weighted by atomic mass is 35.5. The molecule has 0 unspecified atom stereocenters. The summed E-state index contributed by atoms with van der Waals surface area (Å²) in [6.45, 7) is 8.22. The Kier molecular flexibility index (Phi) is 54.9. The monoisotopic (exact) mass is 653 g/mol. The summed E-state index contributed by atoms with van der Waals surface area (Å²) in [5.74, 6) is 0. The Hall–Kier alpha value is 0.500. The highest BCUT2D eigenvalue weighted by Gasteiger charge is 2.05. The van der Waals surface area contributed by atoms with Crippen LogP contribution < -0.4 is 35.4 Å². The van der Waals surface area contributed by atoms with Gasteiger partial charge in [-0.1, -0.05) is 188 Å². The molecule has 4 N–H and O–H groups in total. The molecule has 0 saturated carbocycles. The minimum absolute atomic E-state index is 0. The van der Waals surface area contributed by atoms with E-state index in [4.69, 9.17) is 0 Å². The average Bonchev–Trinajstić information content (AvgIpc) is 2.96. The predicted molar refractivity (Wildman–Crippen MR) is 189 cm³/mol. The van der Waals surface area contributed by atoms with E-state index in [1.165, 1.54) is 212 Å². The largest absolute Gasteiger partial charge is 1.00 e. The van der Waals surface area contributed by atoms with Gasteiger partial charge in [0, 0.05) is 0 Å². The molecule has 0 fully saturated rings. The fourth-order valence-corrected chi connectivity index (χ4v) is 5.95. The zero-order valence-corrected chi connectivity index (χ0v) is 32.4. The molecule has 0 bridgehead atoms. The molecule has 0 radical (unpaired) electrons. The second-order valence-corrected chi connectivity index (χ2v) is 13.9. The molecule has 0 aliphatic rings. The third-order valence-corrected chi connectivity index (χ3v) is 8.96. The van der Waals surface area contributed by atoms with E-state index >= 15 is 0 Å². The molecule has 0 aliphatic carbocycles. The average molecular weight is 654 g/mol. The first-order valence-electron chi connectivity index (χ1n) is 19.7. The van der Waals surface area contributed by atoms with Crippen LogP contribution in [0.3, 0.4) is 0 Å². The Morgan fingerprint density at radius 1 is 0.349 bits per heavy atom. The van der Waals surface area contributed by atoms with Gasteiger partial charge in [0.2, 0.25) is 0 Å². The molecule has 0 amide bonds. The van der Waals surface area contributed by atoms with Gasteiger partial charge >= 0.3 is 0 Å². The second-order valence-electron chi connectivity index (χ2n) is 13.9. The third kappa shape index (κ3) is 52.3. The molecule has 2 nitrogen and oxygen atoms in total. The van der Waals surface area contributed by atoms with Crippen LogP contribution in [0.1, 0.15) is 226 Å². The van der Waals surface area contributed by atoms with Crippen molar-refractivity contribution in [3.05, 3.63) is 0 Å². The van der Waals surface area contributed by atoms with E-state index in [9.17, 15) is 0 Å². The number of unbranched alkanes of at least 4 members (excludes halogenated alkanes) is 27. The first kappa shape index (κ1) is 50.4. The highest BCUT2D eigenvalue weighted by molar-refractivity contribution is 4.57. The summed E-state index contributed by atoms with van der Waals surface area (Å²) in [4.78, 5) is 1.59. The van der Waals surface area contributed by atoms with Crippen LogP contribution in [0.2, 0.25) is 0 Å². The van der Waals surface area contributed by atoms with E-state index in [1.54, 1.807) is 4.90 Å². The molecule has 0 aliphatic heterocycles. The van der Waals surface area contributed by atoms with Crippen LogP contribution in [0.15, 0.2) is 0 Å². The molecule has 266 valence electrons. The number of halogens is 2. The van der Waals surface area contributed by atoms with Crippen molar-refractivity contribution in [2.45, 2.75) is 232 Å². The van der Waals surface area contributed by atoms with Crippen molar-refractivity contribution in [3.63, 3.8) is 0 Å². The number of hydrogen-bond acceptors (Lipinski definition) is 0. The van der Waals surface area contributed by atoms with Crippen LogP contribution in [0.25, 0.3) is 0 Å². The number of nitrogens with one attached hydrogen (secondary N) is 1. The molecular weight excluding hydrogens is 567 g/mol. The van der Waals surface area contributed by atoms with E-state index in [1.807, 2.05) is 0 Å². The molecule has 4 heteroatoms. The minimum atomic E-state index is 0. The maximum absolute atomic E-state index is 4.39. The Bertz CT molecular complexity index is 409. The van der Waals surface area contributed by atoms with E-state index < -0.39 is 0 Å². The van der Waals surface area contributed by atoms with Gasteiger partial charge in [0.1, 0.15) is 0 Å². The zero-order valence-electron chi connectivity index (χ0n) is 30.9. The van der Waals surface area contributed by atoms with Gasteiger partial charge in [0.05, 0.1) is 26.7 Å². The van der Waals surface area contributed by atoms with Crippen LogP contribution >= 0.6 is 0 Å². The summed E-state index contributed by atoms with van der Waals surface area (Å²) < 4.78 is 0. The van der Waals surface area contributed by atoms with Crippen LogP contribution in [-0.4, -0.2) is 26.7 Å². The van der Waals surface area contributed by atoms with Crippen molar-refractivity contribution in [1.29, 1.82) is 0 Å². The molecule has 0 aromatic rings. The van der Waals surface area contributed by atoms with Gasteiger partial charge in [-0.25, -0.2) is 0 Å². The molecule has 0 aromatic heterocycles. The van der Waals surface area contributed by atoms with Crippen molar-refractivity contribution in [1.82, 2.24) is 0 Å². The van der Waals surface area contributed by atoms with Crippen LogP contribution in [0.5, 0.6) is 0 Å². The van der Waals surface area contributed by atoms with Crippen molar-refractivity contribution < 1.29 is 35.4 Å². The van der Waals surface area contributed by atoms with Gasteiger partial charge in [0.15, 0.2) is 0 Å². The van der Waals surface area contributed by atoms with Gasteiger partial charge in [-0.2, -0.15) is 0 Å². The molecule has 0 rings (SSSR count). The third-order valence-electron chi connectivity index (χ3n) is 8.96. The first-order chi connectivity index (χ1) is 20.1. The van der Waals surface area contributed by atoms with Gasteiger partial charge in [-0.3, -0.25) is 0 Å². The van der Waals surface area contributed by atoms with Crippen molar-refractivity contribution in [2.75, 3.05) is 20.6 Å². The number of quaternary nitrogens is 2. The summed E-state index contributed by atoms with van der Waals surface area (Å²) in [6.07, 6.45) is 46.1. The minimum Gasteiger partial charge on any atom is -1.00 e. The Balaban J connectivity index is -0.000000384. The van der Waals surface area contributed by atoms with Crippen LogP contribution in [0.4, 0.5) is 0 Å². The van der Waals surface area contributed by atoms with E-state index in [-0.39, 0.29) is 24.8 Å². The Labute approximate surface area is 287 Å². The Morgan fingerprint density at radius 3 is 0.791 bits per heavy atom. The summed E-state index contributed by atoms with van der Waals surface area (Å²) in [5.41, 5.74) is 4.39. The maximum Gasteiger partial charge on any atom is 0.0843 e. The van der Waals surface area contributed by atoms with E-state index in [0.717, 1.165) is 6.04 Å². The van der Waals surface area contributed by atoms with Gasteiger partial charge < -0.3 is 35.4 Å². The lowest BCUT2D eigenvalue weighted by Gasteiger charge is -2.08. The smallest absolute Gasteiger partial charge is 0.0843 e. The second kappa shape index (κ2) is 46.9. The van der Waals surface area contributed by atoms with Gasteiger partial charge in [0.25, 0.3) is 0 Å². The van der Waals surface area contributed by atoms with Crippen molar-refractivity contribution in [3.8, 4) is 0 Å². The summed E-state index contributed by atoms with van der Waals surface area (Å²) >= 11 is 0. The maximum atomic E-state index is 4.39. The molecule has 0 saturated heterocycles. The predicted octanol–water partition coefficient (Wildman–Crippen LogP) is 5.28. The van der Waals surface area contributed by atoms with Gasteiger partial charge in [-0.05, 0) is 38.5 Å².